The second-order valence-corrected chi connectivity index (χ2v) is 4.22. The maximum absolute atomic E-state index is 10.9. The van der Waals surface area contributed by atoms with Gasteiger partial charge in [-0.3, -0.25) is 4.79 Å². The number of carbonyl (C=O) groups excluding carboxylic acids is 1. The second-order valence-electron chi connectivity index (χ2n) is 2.97. The average Bonchev–Trinajstić information content (AvgIpc) is 2.20. The van der Waals surface area contributed by atoms with Crippen LogP contribution in [0.15, 0.2) is 46.0 Å². The predicted octanol–water partition coefficient (Wildman–Crippen LogP) is 2.65. The lowest BCUT2D eigenvalue weighted by atomic mass is 10.3. The maximum Gasteiger partial charge on any atom is 0.272 e. The van der Waals surface area contributed by atoms with E-state index in [1.807, 2.05) is 12.1 Å². The number of rotatable bonds is 3. The molecule has 84 valence electrons. The molecule has 1 aromatic rings. The van der Waals surface area contributed by atoms with Crippen LogP contribution in [0, 0.1) is 3.57 Å². The van der Waals surface area contributed by atoms with Crippen LogP contribution in [0.3, 0.4) is 0 Å². The van der Waals surface area contributed by atoms with E-state index >= 15 is 0 Å². The van der Waals surface area contributed by atoms with Crippen LogP contribution in [0.25, 0.3) is 0 Å². The number of azo groups is 1. The number of primary amides is 1. The minimum atomic E-state index is -0.811. The van der Waals surface area contributed by atoms with Gasteiger partial charge >= 0.3 is 0 Å². The summed E-state index contributed by atoms with van der Waals surface area (Å²) in [6, 6.07) is 7.20. The molecule has 0 aliphatic rings. The van der Waals surface area contributed by atoms with Crippen molar-refractivity contribution in [1.29, 1.82) is 0 Å². The summed E-state index contributed by atoms with van der Waals surface area (Å²) in [6.45, 7) is 1.33. The Hall–Kier alpha value is -1.44. The van der Waals surface area contributed by atoms with Gasteiger partial charge in [-0.05, 0) is 53.8 Å². The number of halogens is 1. The SMILES string of the molecule is C/C(O)=C(/N=Nc1ccc(I)cc1)C(N)=O. The lowest BCUT2D eigenvalue weighted by Gasteiger charge is -1.96. The zero-order valence-corrected chi connectivity index (χ0v) is 10.7. The standard InChI is InChI=1S/C10H10IN3O2/c1-6(15)9(10(12)16)14-13-8-4-2-7(11)3-5-8/h2-5,15H,1H3,(H2,12,16)/b9-6-,14-13?. The number of amides is 1. The number of nitrogens with zero attached hydrogens (tertiary/aromatic N) is 2. The first-order chi connectivity index (χ1) is 7.50. The van der Waals surface area contributed by atoms with Crippen molar-refractivity contribution in [2.45, 2.75) is 6.92 Å². The Morgan fingerprint density at radius 2 is 1.94 bits per heavy atom. The van der Waals surface area contributed by atoms with E-state index in [4.69, 9.17) is 10.8 Å². The van der Waals surface area contributed by atoms with Gasteiger partial charge in [0, 0.05) is 3.57 Å². The third-order valence-corrected chi connectivity index (χ3v) is 2.39. The van der Waals surface area contributed by atoms with Crippen molar-refractivity contribution in [3.05, 3.63) is 39.3 Å². The summed E-state index contributed by atoms with van der Waals surface area (Å²) in [5.74, 6) is -1.06. The molecule has 0 aliphatic carbocycles. The fraction of sp³-hybridized carbons (Fsp3) is 0.100. The second kappa shape index (κ2) is 5.59. The highest BCUT2D eigenvalue weighted by Crippen LogP contribution is 2.16. The van der Waals surface area contributed by atoms with E-state index in [-0.39, 0.29) is 11.5 Å². The normalized spacial score (nSPS) is 12.6. The Bertz CT molecular complexity index is 448. The van der Waals surface area contributed by atoms with Crippen LogP contribution in [-0.2, 0) is 4.79 Å². The lowest BCUT2D eigenvalue weighted by Crippen LogP contribution is -2.13. The molecular weight excluding hydrogens is 321 g/mol. The Morgan fingerprint density at radius 1 is 1.38 bits per heavy atom. The summed E-state index contributed by atoms with van der Waals surface area (Å²) in [6.07, 6.45) is 0. The van der Waals surface area contributed by atoms with Gasteiger partial charge in [0.05, 0.1) is 5.69 Å². The summed E-state index contributed by atoms with van der Waals surface area (Å²) in [5.41, 5.74) is 5.36. The predicted molar refractivity (Wildman–Crippen MR) is 68.2 cm³/mol. The van der Waals surface area contributed by atoms with Gasteiger partial charge < -0.3 is 10.8 Å². The summed E-state index contributed by atoms with van der Waals surface area (Å²) < 4.78 is 1.07. The Balaban J connectivity index is 2.92. The summed E-state index contributed by atoms with van der Waals surface area (Å²) >= 11 is 2.16. The first-order valence-corrected chi connectivity index (χ1v) is 5.45. The fourth-order valence-corrected chi connectivity index (χ4v) is 1.28. The zero-order chi connectivity index (χ0) is 12.1. The number of allylic oxidation sites excluding steroid dienone is 1. The van der Waals surface area contributed by atoms with Crippen LogP contribution in [0.5, 0.6) is 0 Å². The number of hydrogen-bond acceptors (Lipinski definition) is 4. The molecule has 0 aromatic heterocycles. The Labute approximate surface area is 106 Å². The Kier molecular flexibility index (Phi) is 4.41. The van der Waals surface area contributed by atoms with Gasteiger partial charge in [-0.1, -0.05) is 0 Å². The summed E-state index contributed by atoms with van der Waals surface area (Å²) in [7, 11) is 0. The van der Waals surface area contributed by atoms with Crippen LogP contribution in [0.2, 0.25) is 0 Å². The van der Waals surface area contributed by atoms with Gasteiger partial charge in [0.25, 0.3) is 5.91 Å². The minimum absolute atomic E-state index is 0.237. The van der Waals surface area contributed by atoms with Crippen molar-refractivity contribution in [3.8, 4) is 0 Å². The molecule has 1 aromatic carbocycles. The number of carbonyl (C=O) groups is 1. The number of aliphatic hydroxyl groups excluding tert-OH is 1. The van der Waals surface area contributed by atoms with Gasteiger partial charge in [-0.25, -0.2) is 0 Å². The van der Waals surface area contributed by atoms with Crippen LogP contribution in [0.4, 0.5) is 5.69 Å². The smallest absolute Gasteiger partial charge is 0.272 e. The van der Waals surface area contributed by atoms with E-state index < -0.39 is 5.91 Å². The highest BCUT2D eigenvalue weighted by molar-refractivity contribution is 14.1. The molecular formula is C10H10IN3O2. The van der Waals surface area contributed by atoms with Crippen molar-refractivity contribution < 1.29 is 9.90 Å². The van der Waals surface area contributed by atoms with Gasteiger partial charge in [-0.2, -0.15) is 5.11 Å². The van der Waals surface area contributed by atoms with Crippen molar-refractivity contribution in [2.75, 3.05) is 0 Å². The van der Waals surface area contributed by atoms with Crippen molar-refractivity contribution in [3.63, 3.8) is 0 Å². The molecule has 0 saturated carbocycles. The van der Waals surface area contributed by atoms with Crippen molar-refractivity contribution in [1.82, 2.24) is 0 Å². The fourth-order valence-electron chi connectivity index (χ4n) is 0.915. The molecule has 5 nitrogen and oxygen atoms in total. The molecule has 16 heavy (non-hydrogen) atoms. The topological polar surface area (TPSA) is 88.0 Å². The number of aliphatic hydroxyl groups is 1. The monoisotopic (exact) mass is 331 g/mol. The van der Waals surface area contributed by atoms with Crippen molar-refractivity contribution >= 4 is 34.2 Å². The molecule has 0 atom stereocenters. The van der Waals surface area contributed by atoms with Gasteiger partial charge in [0.2, 0.25) is 0 Å². The molecule has 1 rings (SSSR count). The highest BCUT2D eigenvalue weighted by atomic mass is 127. The van der Waals surface area contributed by atoms with E-state index in [1.54, 1.807) is 12.1 Å². The first kappa shape index (κ1) is 12.6. The molecule has 0 radical (unpaired) electrons. The Morgan fingerprint density at radius 3 is 2.38 bits per heavy atom. The average molecular weight is 331 g/mol. The van der Waals surface area contributed by atoms with E-state index in [0.29, 0.717) is 5.69 Å². The van der Waals surface area contributed by atoms with E-state index in [2.05, 4.69) is 32.8 Å². The molecule has 0 aliphatic heterocycles. The first-order valence-electron chi connectivity index (χ1n) is 4.37. The van der Waals surface area contributed by atoms with Crippen LogP contribution in [-0.4, -0.2) is 11.0 Å². The zero-order valence-electron chi connectivity index (χ0n) is 8.51. The van der Waals surface area contributed by atoms with Crippen molar-refractivity contribution in [2.24, 2.45) is 16.0 Å². The number of nitrogens with two attached hydrogens (primary N) is 1. The largest absolute Gasteiger partial charge is 0.510 e. The molecule has 0 bridgehead atoms. The number of hydrogen-bond donors (Lipinski definition) is 2. The third-order valence-electron chi connectivity index (χ3n) is 1.67. The van der Waals surface area contributed by atoms with Gasteiger partial charge in [0.15, 0.2) is 5.70 Å². The molecule has 1 amide bonds. The van der Waals surface area contributed by atoms with E-state index in [1.165, 1.54) is 6.92 Å². The van der Waals surface area contributed by atoms with Gasteiger partial charge in [-0.15, -0.1) is 5.11 Å². The van der Waals surface area contributed by atoms with E-state index in [9.17, 15) is 4.79 Å². The maximum atomic E-state index is 10.9. The minimum Gasteiger partial charge on any atom is -0.510 e. The van der Waals surface area contributed by atoms with E-state index in [0.717, 1.165) is 3.57 Å². The van der Waals surface area contributed by atoms with Crippen LogP contribution in [0.1, 0.15) is 6.92 Å². The summed E-state index contributed by atoms with van der Waals surface area (Å²) in [5, 5.41) is 16.5. The third kappa shape index (κ3) is 3.61. The molecule has 0 heterocycles. The van der Waals surface area contributed by atoms with Crippen LogP contribution >= 0.6 is 22.6 Å². The van der Waals surface area contributed by atoms with Gasteiger partial charge in [0.1, 0.15) is 5.76 Å². The molecule has 0 fully saturated rings. The molecule has 6 heteroatoms. The lowest BCUT2D eigenvalue weighted by molar-refractivity contribution is -0.114. The highest BCUT2D eigenvalue weighted by Gasteiger charge is 2.07. The molecule has 0 unspecified atom stereocenters. The molecule has 0 saturated heterocycles. The molecule has 3 N–H and O–H groups in total. The quantitative estimate of drug-likeness (QED) is 0.386. The summed E-state index contributed by atoms with van der Waals surface area (Å²) in [4.78, 5) is 10.9. The molecule has 0 spiro atoms. The number of benzene rings is 1. The van der Waals surface area contributed by atoms with Crippen LogP contribution < -0.4 is 5.73 Å².